The van der Waals surface area contributed by atoms with Gasteiger partial charge in [-0.2, -0.15) is 0 Å². The molecule has 0 heterocycles. The maximum Gasteiger partial charge on any atom is 0.407 e. The van der Waals surface area contributed by atoms with Crippen LogP contribution in [0.2, 0.25) is 0 Å². The van der Waals surface area contributed by atoms with Gasteiger partial charge in [-0.1, -0.05) is 11.8 Å². The van der Waals surface area contributed by atoms with Crippen molar-refractivity contribution in [3.8, 4) is 11.8 Å². The van der Waals surface area contributed by atoms with E-state index < -0.39 is 17.7 Å². The zero-order valence-electron chi connectivity index (χ0n) is 18.5. The first-order valence-electron chi connectivity index (χ1n) is 9.64. The molecule has 1 aromatic carbocycles. The Labute approximate surface area is 178 Å². The van der Waals surface area contributed by atoms with Crippen molar-refractivity contribution in [2.75, 3.05) is 39.6 Å². The average molecular weight is 418 g/mol. The van der Waals surface area contributed by atoms with Crippen LogP contribution in [0.4, 0.5) is 10.5 Å². The summed E-state index contributed by atoms with van der Waals surface area (Å²) in [5, 5.41) is 5.39. The van der Waals surface area contributed by atoms with Crippen LogP contribution in [0.5, 0.6) is 0 Å². The molecule has 164 valence electrons. The first kappa shape index (κ1) is 25.0. The van der Waals surface area contributed by atoms with Crippen LogP contribution in [0, 0.1) is 11.8 Å². The third kappa shape index (κ3) is 9.94. The number of benzene rings is 1. The first-order valence-corrected chi connectivity index (χ1v) is 9.64. The summed E-state index contributed by atoms with van der Waals surface area (Å²) in [6, 6.07) is 4.84. The van der Waals surface area contributed by atoms with Crippen molar-refractivity contribution in [1.29, 1.82) is 0 Å². The van der Waals surface area contributed by atoms with Gasteiger partial charge in [0.25, 0.3) is 0 Å². The Hall–Kier alpha value is -3.05. The molecule has 2 amide bonds. The van der Waals surface area contributed by atoms with Gasteiger partial charge in [-0.25, -0.2) is 9.59 Å². The van der Waals surface area contributed by atoms with Gasteiger partial charge < -0.3 is 20.1 Å². The van der Waals surface area contributed by atoms with E-state index in [0.29, 0.717) is 36.3 Å². The fourth-order valence-electron chi connectivity index (χ4n) is 2.28. The smallest absolute Gasteiger partial charge is 0.407 e. The monoisotopic (exact) mass is 417 g/mol. The summed E-state index contributed by atoms with van der Waals surface area (Å²) in [6.07, 6.45) is 0.166. The molecule has 8 nitrogen and oxygen atoms in total. The summed E-state index contributed by atoms with van der Waals surface area (Å²) in [4.78, 5) is 37.6. The number of rotatable bonds is 7. The number of carbonyl (C=O) groups is 3. The zero-order chi connectivity index (χ0) is 22.7. The van der Waals surface area contributed by atoms with Crippen molar-refractivity contribution in [2.24, 2.45) is 0 Å². The van der Waals surface area contributed by atoms with E-state index in [-0.39, 0.29) is 12.3 Å². The Balaban J connectivity index is 2.66. The van der Waals surface area contributed by atoms with E-state index in [2.05, 4.69) is 22.5 Å². The summed E-state index contributed by atoms with van der Waals surface area (Å²) in [5.74, 6) is 5.22. The lowest BCUT2D eigenvalue weighted by Gasteiger charge is -2.19. The number of amides is 2. The van der Waals surface area contributed by atoms with Crippen LogP contribution in [0.25, 0.3) is 0 Å². The molecule has 0 radical (unpaired) electrons. The van der Waals surface area contributed by atoms with Gasteiger partial charge in [0, 0.05) is 24.2 Å². The van der Waals surface area contributed by atoms with Gasteiger partial charge >= 0.3 is 12.1 Å². The van der Waals surface area contributed by atoms with Crippen molar-refractivity contribution in [3.63, 3.8) is 0 Å². The number of esters is 1. The molecule has 0 saturated carbocycles. The molecule has 8 heteroatoms. The van der Waals surface area contributed by atoms with Crippen LogP contribution >= 0.6 is 0 Å². The molecule has 0 aliphatic heterocycles. The van der Waals surface area contributed by atoms with Gasteiger partial charge in [-0.05, 0) is 59.5 Å². The third-order valence-corrected chi connectivity index (χ3v) is 3.58. The van der Waals surface area contributed by atoms with E-state index in [4.69, 9.17) is 9.47 Å². The Kier molecular flexibility index (Phi) is 9.85. The number of alkyl carbamates (subject to hydrolysis) is 1. The Bertz CT molecular complexity index is 816. The minimum atomic E-state index is -0.565. The van der Waals surface area contributed by atoms with Gasteiger partial charge in [-0.3, -0.25) is 9.69 Å². The SMILES string of the molecule is COC(=O)c1ccc(NC(=O)CCCNC(=O)OC(C)(C)C)cc1C#CCN(C)C. The van der Waals surface area contributed by atoms with Crippen molar-refractivity contribution >= 4 is 23.7 Å². The maximum atomic E-state index is 12.2. The van der Waals surface area contributed by atoms with Crippen molar-refractivity contribution in [3.05, 3.63) is 29.3 Å². The van der Waals surface area contributed by atoms with E-state index in [0.717, 1.165) is 0 Å². The van der Waals surface area contributed by atoms with Gasteiger partial charge in [0.1, 0.15) is 5.60 Å². The number of hydrogen-bond donors (Lipinski definition) is 2. The van der Waals surface area contributed by atoms with Crippen LogP contribution in [0.1, 0.15) is 49.5 Å². The molecule has 0 spiro atoms. The topological polar surface area (TPSA) is 97.0 Å². The van der Waals surface area contributed by atoms with Gasteiger partial charge in [0.2, 0.25) is 5.91 Å². The molecule has 0 aromatic heterocycles. The number of carbonyl (C=O) groups excluding carboxylic acids is 3. The summed E-state index contributed by atoms with van der Waals surface area (Å²) < 4.78 is 9.93. The predicted molar refractivity (Wildman–Crippen MR) is 115 cm³/mol. The summed E-state index contributed by atoms with van der Waals surface area (Å²) in [7, 11) is 5.09. The van der Waals surface area contributed by atoms with Crippen LogP contribution in [0.3, 0.4) is 0 Å². The molecule has 30 heavy (non-hydrogen) atoms. The predicted octanol–water partition coefficient (Wildman–Crippen LogP) is 2.63. The lowest BCUT2D eigenvalue weighted by atomic mass is 10.1. The van der Waals surface area contributed by atoms with E-state index in [1.165, 1.54) is 7.11 Å². The zero-order valence-corrected chi connectivity index (χ0v) is 18.5. The number of hydrogen-bond acceptors (Lipinski definition) is 6. The lowest BCUT2D eigenvalue weighted by Crippen LogP contribution is -2.33. The van der Waals surface area contributed by atoms with E-state index >= 15 is 0 Å². The van der Waals surface area contributed by atoms with E-state index in [1.54, 1.807) is 39.0 Å². The standard InChI is InChI=1S/C22H31N3O5/c1-22(2,3)30-21(28)23-13-7-10-19(26)24-17-11-12-18(20(27)29-6)16(15-17)9-8-14-25(4)5/h11-12,15H,7,10,13-14H2,1-6H3,(H,23,28)(H,24,26). The number of methoxy groups -OCH3 is 1. The minimum absolute atomic E-state index is 0.209. The highest BCUT2D eigenvalue weighted by Gasteiger charge is 2.16. The first-order chi connectivity index (χ1) is 14.0. The second-order valence-electron chi connectivity index (χ2n) is 7.87. The van der Waals surface area contributed by atoms with Gasteiger partial charge in [0.05, 0.1) is 19.2 Å². The van der Waals surface area contributed by atoms with Crippen LogP contribution in [-0.2, 0) is 14.3 Å². The van der Waals surface area contributed by atoms with Crippen molar-refractivity contribution in [2.45, 2.75) is 39.2 Å². The third-order valence-electron chi connectivity index (χ3n) is 3.58. The Morgan fingerprint density at radius 1 is 1.17 bits per heavy atom. The summed E-state index contributed by atoms with van der Waals surface area (Å²) in [6.45, 7) is 6.20. The molecule has 2 N–H and O–H groups in total. The van der Waals surface area contributed by atoms with Crippen LogP contribution < -0.4 is 10.6 Å². The molecular formula is C22H31N3O5. The minimum Gasteiger partial charge on any atom is -0.465 e. The molecule has 1 rings (SSSR count). The van der Waals surface area contributed by atoms with Crippen LogP contribution in [-0.4, -0.2) is 62.8 Å². The van der Waals surface area contributed by atoms with E-state index in [1.807, 2.05) is 19.0 Å². The Morgan fingerprint density at radius 2 is 1.87 bits per heavy atom. The number of nitrogens with zero attached hydrogens (tertiary/aromatic N) is 1. The summed E-state index contributed by atoms with van der Waals surface area (Å²) in [5.41, 5.74) is 0.781. The highest BCUT2D eigenvalue weighted by Crippen LogP contribution is 2.17. The molecule has 0 aliphatic carbocycles. The average Bonchev–Trinajstić information content (AvgIpc) is 2.63. The van der Waals surface area contributed by atoms with Crippen LogP contribution in [0.15, 0.2) is 18.2 Å². The quantitative estimate of drug-likeness (QED) is 0.402. The molecule has 0 fully saturated rings. The maximum absolute atomic E-state index is 12.2. The number of nitrogens with one attached hydrogen (secondary N) is 2. The fraction of sp³-hybridized carbons (Fsp3) is 0.500. The highest BCUT2D eigenvalue weighted by atomic mass is 16.6. The van der Waals surface area contributed by atoms with Gasteiger partial charge in [0.15, 0.2) is 0 Å². The molecule has 0 saturated heterocycles. The summed E-state index contributed by atoms with van der Waals surface area (Å²) >= 11 is 0. The normalized spacial score (nSPS) is 10.6. The Morgan fingerprint density at radius 3 is 2.47 bits per heavy atom. The molecule has 1 aromatic rings. The molecule has 0 atom stereocenters. The molecule has 0 unspecified atom stereocenters. The fourth-order valence-corrected chi connectivity index (χ4v) is 2.28. The lowest BCUT2D eigenvalue weighted by molar-refractivity contribution is -0.116. The molecule has 0 bridgehead atoms. The second kappa shape index (κ2) is 11.8. The van der Waals surface area contributed by atoms with Crippen molar-refractivity contribution in [1.82, 2.24) is 10.2 Å². The largest absolute Gasteiger partial charge is 0.465 e. The number of anilines is 1. The second-order valence-corrected chi connectivity index (χ2v) is 7.87. The highest BCUT2D eigenvalue weighted by molar-refractivity contribution is 5.95. The van der Waals surface area contributed by atoms with Crippen molar-refractivity contribution < 1.29 is 23.9 Å². The molecule has 0 aliphatic rings. The molecular weight excluding hydrogens is 386 g/mol. The number of ether oxygens (including phenoxy) is 2. The van der Waals surface area contributed by atoms with E-state index in [9.17, 15) is 14.4 Å². The van der Waals surface area contributed by atoms with Gasteiger partial charge in [-0.15, -0.1) is 0 Å².